The molecule has 0 spiro atoms. The van der Waals surface area contributed by atoms with Crippen molar-refractivity contribution < 1.29 is 4.74 Å². The van der Waals surface area contributed by atoms with Crippen molar-refractivity contribution in [1.82, 2.24) is 10.6 Å². The first-order valence-corrected chi connectivity index (χ1v) is 11.1. The fourth-order valence-corrected chi connectivity index (χ4v) is 4.13. The average molecular weight is 401 g/mol. The molecular formula is C22H32N4OS. The summed E-state index contributed by atoms with van der Waals surface area (Å²) in [6.07, 6.45) is 4.48. The lowest BCUT2D eigenvalue weighted by Crippen LogP contribution is -2.48. The van der Waals surface area contributed by atoms with Gasteiger partial charge in [-0.15, -0.1) is 11.3 Å². The van der Waals surface area contributed by atoms with Crippen LogP contribution in [0.2, 0.25) is 0 Å². The number of nitrogens with zero attached hydrogens (tertiary/aromatic N) is 2. The Kier molecular flexibility index (Phi) is 8.03. The van der Waals surface area contributed by atoms with Crippen LogP contribution in [0.4, 0.5) is 5.00 Å². The molecule has 1 fully saturated rings. The van der Waals surface area contributed by atoms with E-state index in [0.29, 0.717) is 6.04 Å². The summed E-state index contributed by atoms with van der Waals surface area (Å²) in [7, 11) is 1.83. The summed E-state index contributed by atoms with van der Waals surface area (Å²) in [6.45, 7) is 5.87. The van der Waals surface area contributed by atoms with Crippen LogP contribution in [0.5, 0.6) is 5.75 Å². The fourth-order valence-electron chi connectivity index (χ4n) is 3.35. The summed E-state index contributed by atoms with van der Waals surface area (Å²) < 4.78 is 5.80. The van der Waals surface area contributed by atoms with Gasteiger partial charge in [-0.3, -0.25) is 4.99 Å². The number of ether oxygens (including phenoxy) is 1. The molecule has 5 nitrogen and oxygen atoms in total. The first-order chi connectivity index (χ1) is 13.8. The molecule has 0 atom stereocenters. The number of unbranched alkanes of at least 4 members (excludes halogenated alkanes) is 1. The molecule has 1 aliphatic rings. The highest BCUT2D eigenvalue weighted by atomic mass is 32.1. The molecule has 152 valence electrons. The van der Waals surface area contributed by atoms with Crippen LogP contribution in [0.3, 0.4) is 0 Å². The smallest absolute Gasteiger partial charge is 0.191 e. The Morgan fingerprint density at radius 3 is 2.82 bits per heavy atom. The highest BCUT2D eigenvalue weighted by Crippen LogP contribution is 2.24. The number of piperidine rings is 1. The number of thiophene rings is 1. The van der Waals surface area contributed by atoms with E-state index in [1.165, 1.54) is 10.6 Å². The molecule has 0 unspecified atom stereocenters. The summed E-state index contributed by atoms with van der Waals surface area (Å²) in [4.78, 5) is 6.88. The zero-order chi connectivity index (χ0) is 19.6. The van der Waals surface area contributed by atoms with Crippen molar-refractivity contribution in [1.29, 1.82) is 0 Å². The van der Waals surface area contributed by atoms with Crippen molar-refractivity contribution in [3.63, 3.8) is 0 Å². The molecular weight excluding hydrogens is 368 g/mol. The highest BCUT2D eigenvalue weighted by molar-refractivity contribution is 7.14. The van der Waals surface area contributed by atoms with Crippen LogP contribution in [0.25, 0.3) is 0 Å². The molecule has 1 aromatic carbocycles. The third kappa shape index (κ3) is 6.16. The maximum absolute atomic E-state index is 5.80. The lowest BCUT2D eigenvalue weighted by Gasteiger charge is -2.33. The predicted molar refractivity (Wildman–Crippen MR) is 120 cm³/mol. The van der Waals surface area contributed by atoms with E-state index in [0.717, 1.165) is 63.6 Å². The molecule has 1 saturated heterocycles. The molecule has 0 saturated carbocycles. The van der Waals surface area contributed by atoms with E-state index in [1.807, 2.05) is 24.5 Å². The molecule has 0 amide bonds. The summed E-state index contributed by atoms with van der Waals surface area (Å²) in [5, 5.41) is 10.5. The van der Waals surface area contributed by atoms with Gasteiger partial charge in [0.25, 0.3) is 0 Å². The van der Waals surface area contributed by atoms with Gasteiger partial charge in [0, 0.05) is 32.7 Å². The molecule has 2 heterocycles. The number of guanidine groups is 1. The predicted octanol–water partition coefficient (Wildman–Crippen LogP) is 4.26. The quantitative estimate of drug-likeness (QED) is 0.395. The van der Waals surface area contributed by atoms with Gasteiger partial charge in [-0.2, -0.15) is 0 Å². The van der Waals surface area contributed by atoms with E-state index >= 15 is 0 Å². The van der Waals surface area contributed by atoms with Crippen molar-refractivity contribution in [3.8, 4) is 5.75 Å². The number of hydrogen-bond donors (Lipinski definition) is 2. The maximum atomic E-state index is 5.80. The Labute approximate surface area is 172 Å². The second kappa shape index (κ2) is 11.0. The molecule has 1 aromatic heterocycles. The number of rotatable bonds is 8. The Morgan fingerprint density at radius 1 is 1.25 bits per heavy atom. The third-order valence-corrected chi connectivity index (χ3v) is 5.93. The Bertz CT molecular complexity index is 724. The van der Waals surface area contributed by atoms with Gasteiger partial charge in [-0.1, -0.05) is 25.5 Å². The first-order valence-electron chi connectivity index (χ1n) is 10.3. The topological polar surface area (TPSA) is 48.9 Å². The number of aliphatic imine (C=N–C) groups is 1. The molecule has 2 N–H and O–H groups in total. The van der Waals surface area contributed by atoms with E-state index in [9.17, 15) is 0 Å². The lowest BCUT2D eigenvalue weighted by molar-refractivity contribution is 0.309. The summed E-state index contributed by atoms with van der Waals surface area (Å²) in [5.41, 5.74) is 1.20. The van der Waals surface area contributed by atoms with Gasteiger partial charge < -0.3 is 20.3 Å². The zero-order valence-corrected chi connectivity index (χ0v) is 17.8. The van der Waals surface area contributed by atoms with Gasteiger partial charge >= 0.3 is 0 Å². The van der Waals surface area contributed by atoms with Crippen LogP contribution in [0.1, 0.15) is 38.2 Å². The van der Waals surface area contributed by atoms with Crippen LogP contribution in [0.15, 0.2) is 46.8 Å². The fraction of sp³-hybridized carbons (Fsp3) is 0.500. The minimum atomic E-state index is 0.464. The van der Waals surface area contributed by atoms with Crippen LogP contribution in [-0.2, 0) is 6.54 Å². The van der Waals surface area contributed by atoms with Gasteiger partial charge in [0.2, 0.25) is 0 Å². The molecule has 0 radical (unpaired) electrons. The van der Waals surface area contributed by atoms with Crippen molar-refractivity contribution in [2.45, 2.75) is 45.2 Å². The van der Waals surface area contributed by atoms with Crippen LogP contribution < -0.4 is 20.3 Å². The second-order valence-corrected chi connectivity index (χ2v) is 8.06. The minimum absolute atomic E-state index is 0.464. The van der Waals surface area contributed by atoms with E-state index in [1.54, 1.807) is 0 Å². The van der Waals surface area contributed by atoms with Gasteiger partial charge in [-0.05, 0) is 54.5 Å². The third-order valence-electron chi connectivity index (χ3n) is 5.00. The van der Waals surface area contributed by atoms with E-state index < -0.39 is 0 Å². The maximum Gasteiger partial charge on any atom is 0.191 e. The van der Waals surface area contributed by atoms with Crippen LogP contribution in [-0.4, -0.2) is 38.7 Å². The number of nitrogens with one attached hydrogen (secondary N) is 2. The summed E-state index contributed by atoms with van der Waals surface area (Å²) in [5.74, 6) is 1.81. The van der Waals surface area contributed by atoms with Gasteiger partial charge in [0.1, 0.15) is 5.75 Å². The molecule has 6 heteroatoms. The standard InChI is InChI=1S/C22H32N4OS/c1-3-4-14-27-20-8-5-7-18(16-20)17-24-22(23-2)25-19-10-12-26(13-11-19)21-9-6-15-28-21/h5-9,15-16,19H,3-4,10-14,17H2,1-2H3,(H2,23,24,25). The van der Waals surface area contributed by atoms with Crippen molar-refractivity contribution in [2.24, 2.45) is 4.99 Å². The molecule has 1 aliphatic heterocycles. The number of anilines is 1. The molecule has 0 aliphatic carbocycles. The van der Waals surface area contributed by atoms with Gasteiger partial charge in [0.05, 0.1) is 11.6 Å². The van der Waals surface area contributed by atoms with E-state index in [4.69, 9.17) is 4.74 Å². The van der Waals surface area contributed by atoms with E-state index in [2.05, 4.69) is 63.2 Å². The zero-order valence-electron chi connectivity index (χ0n) is 17.0. The van der Waals surface area contributed by atoms with Gasteiger partial charge in [-0.25, -0.2) is 0 Å². The van der Waals surface area contributed by atoms with Gasteiger partial charge in [0.15, 0.2) is 5.96 Å². The Hall–Kier alpha value is -2.21. The second-order valence-electron chi connectivity index (χ2n) is 7.13. The lowest BCUT2D eigenvalue weighted by atomic mass is 10.1. The summed E-state index contributed by atoms with van der Waals surface area (Å²) >= 11 is 1.82. The average Bonchev–Trinajstić information content (AvgIpc) is 3.27. The molecule has 0 bridgehead atoms. The van der Waals surface area contributed by atoms with Crippen LogP contribution >= 0.6 is 11.3 Å². The summed E-state index contributed by atoms with van der Waals surface area (Å²) in [6, 6.07) is 13.1. The highest BCUT2D eigenvalue weighted by Gasteiger charge is 2.20. The monoisotopic (exact) mass is 400 g/mol. The van der Waals surface area contributed by atoms with Crippen LogP contribution in [0, 0.1) is 0 Å². The van der Waals surface area contributed by atoms with Crippen molar-refractivity contribution >= 4 is 22.3 Å². The normalized spacial score (nSPS) is 15.5. The van der Waals surface area contributed by atoms with Crippen molar-refractivity contribution in [3.05, 3.63) is 47.3 Å². The number of benzene rings is 1. The largest absolute Gasteiger partial charge is 0.494 e. The SMILES string of the molecule is CCCCOc1cccc(CNC(=NC)NC2CCN(c3cccs3)CC2)c1. The Morgan fingerprint density at radius 2 is 2.11 bits per heavy atom. The number of hydrogen-bond acceptors (Lipinski definition) is 4. The first kappa shape index (κ1) is 20.5. The molecule has 2 aromatic rings. The van der Waals surface area contributed by atoms with Crippen molar-refractivity contribution in [2.75, 3.05) is 31.6 Å². The molecule has 28 heavy (non-hydrogen) atoms. The van der Waals surface area contributed by atoms with E-state index in [-0.39, 0.29) is 0 Å². The molecule has 3 rings (SSSR count). The Balaban J connectivity index is 1.43. The minimum Gasteiger partial charge on any atom is -0.494 e.